The molecule has 0 aromatic carbocycles. The molecule has 5 heteroatoms. The molecule has 0 bridgehead atoms. The Balaban J connectivity index is 2.70. The van der Waals surface area contributed by atoms with Gasteiger partial charge in [-0.3, -0.25) is 0 Å². The summed E-state index contributed by atoms with van der Waals surface area (Å²) in [5.74, 6) is -0.315. The van der Waals surface area contributed by atoms with Crippen molar-refractivity contribution in [1.29, 1.82) is 5.26 Å². The summed E-state index contributed by atoms with van der Waals surface area (Å²) in [6.07, 6.45) is 0. The molecule has 84 valence electrons. The van der Waals surface area contributed by atoms with Gasteiger partial charge in [0.1, 0.15) is 11.6 Å². The van der Waals surface area contributed by atoms with Crippen molar-refractivity contribution in [2.75, 3.05) is 13.2 Å². The van der Waals surface area contributed by atoms with Crippen LogP contribution in [0.5, 0.6) is 5.88 Å². The SMILES string of the molecule is CCOC(=O)COc1nc(C)ccc1C#N. The molecule has 0 aliphatic heterocycles. The third-order valence-electron chi connectivity index (χ3n) is 1.75. The van der Waals surface area contributed by atoms with Crippen LogP contribution in [0, 0.1) is 18.3 Å². The number of nitrogens with zero attached hydrogens (tertiary/aromatic N) is 2. The van der Waals surface area contributed by atoms with E-state index in [-0.39, 0.29) is 12.5 Å². The Kier molecular flexibility index (Phi) is 4.28. The van der Waals surface area contributed by atoms with Crippen molar-refractivity contribution in [3.63, 3.8) is 0 Å². The molecule has 0 unspecified atom stereocenters. The van der Waals surface area contributed by atoms with Crippen LogP contribution < -0.4 is 4.74 Å². The van der Waals surface area contributed by atoms with Crippen molar-refractivity contribution in [2.45, 2.75) is 13.8 Å². The van der Waals surface area contributed by atoms with Crippen LogP contribution in [0.4, 0.5) is 0 Å². The zero-order valence-corrected chi connectivity index (χ0v) is 9.19. The molecule has 1 aromatic rings. The van der Waals surface area contributed by atoms with Gasteiger partial charge in [-0.05, 0) is 26.0 Å². The first-order valence-corrected chi connectivity index (χ1v) is 4.83. The second-order valence-electron chi connectivity index (χ2n) is 3.01. The van der Waals surface area contributed by atoms with Gasteiger partial charge in [-0.25, -0.2) is 9.78 Å². The second-order valence-corrected chi connectivity index (χ2v) is 3.01. The van der Waals surface area contributed by atoms with E-state index in [1.165, 1.54) is 0 Å². The lowest BCUT2D eigenvalue weighted by Gasteiger charge is -2.06. The number of carbonyl (C=O) groups is 1. The average molecular weight is 220 g/mol. The van der Waals surface area contributed by atoms with Crippen molar-refractivity contribution in [1.82, 2.24) is 4.98 Å². The van der Waals surface area contributed by atoms with Gasteiger partial charge < -0.3 is 9.47 Å². The normalized spacial score (nSPS) is 9.31. The lowest BCUT2D eigenvalue weighted by Crippen LogP contribution is -2.15. The molecule has 0 N–H and O–H groups in total. The zero-order valence-electron chi connectivity index (χ0n) is 9.19. The van der Waals surface area contributed by atoms with E-state index in [9.17, 15) is 4.79 Å². The molecule has 0 aliphatic rings. The second kappa shape index (κ2) is 5.71. The standard InChI is InChI=1S/C11H12N2O3/c1-3-15-10(14)7-16-11-9(6-12)5-4-8(2)13-11/h4-5H,3,7H2,1-2H3. The van der Waals surface area contributed by atoms with Crippen molar-refractivity contribution < 1.29 is 14.3 Å². The highest BCUT2D eigenvalue weighted by Gasteiger charge is 2.08. The number of rotatable bonds is 4. The van der Waals surface area contributed by atoms with E-state index in [1.807, 2.05) is 6.07 Å². The first-order valence-electron chi connectivity index (χ1n) is 4.83. The van der Waals surface area contributed by atoms with Crippen LogP contribution in [0.15, 0.2) is 12.1 Å². The van der Waals surface area contributed by atoms with Gasteiger partial charge in [-0.1, -0.05) is 0 Å². The Morgan fingerprint density at radius 1 is 1.56 bits per heavy atom. The molecule has 0 atom stereocenters. The average Bonchev–Trinajstić information content (AvgIpc) is 2.27. The lowest BCUT2D eigenvalue weighted by molar-refractivity contribution is -0.145. The van der Waals surface area contributed by atoms with Gasteiger partial charge in [0.05, 0.1) is 6.61 Å². The van der Waals surface area contributed by atoms with Crippen molar-refractivity contribution >= 4 is 5.97 Å². The van der Waals surface area contributed by atoms with Gasteiger partial charge in [-0.2, -0.15) is 5.26 Å². The van der Waals surface area contributed by atoms with Gasteiger partial charge in [0.2, 0.25) is 5.88 Å². The van der Waals surface area contributed by atoms with E-state index < -0.39 is 5.97 Å². The number of carbonyl (C=O) groups excluding carboxylic acids is 1. The largest absolute Gasteiger partial charge is 0.465 e. The van der Waals surface area contributed by atoms with Crippen LogP contribution in [0.3, 0.4) is 0 Å². The van der Waals surface area contributed by atoms with Crippen LogP contribution in [-0.2, 0) is 9.53 Å². The summed E-state index contributed by atoms with van der Waals surface area (Å²) in [6, 6.07) is 5.24. The topological polar surface area (TPSA) is 72.2 Å². The van der Waals surface area contributed by atoms with Crippen LogP contribution in [0.25, 0.3) is 0 Å². The molecule has 0 aliphatic carbocycles. The smallest absolute Gasteiger partial charge is 0.344 e. The number of esters is 1. The molecule has 0 spiro atoms. The van der Waals surface area contributed by atoms with Crippen LogP contribution in [0.1, 0.15) is 18.2 Å². The number of pyridine rings is 1. The summed E-state index contributed by atoms with van der Waals surface area (Å²) in [4.78, 5) is 15.1. The van der Waals surface area contributed by atoms with E-state index in [4.69, 9.17) is 14.7 Å². The molecule has 1 heterocycles. The fourth-order valence-electron chi connectivity index (χ4n) is 1.06. The summed E-state index contributed by atoms with van der Waals surface area (Å²) in [5, 5.41) is 8.79. The van der Waals surface area contributed by atoms with Gasteiger partial charge in [0.25, 0.3) is 0 Å². The third kappa shape index (κ3) is 3.24. The van der Waals surface area contributed by atoms with Crippen LogP contribution in [-0.4, -0.2) is 24.2 Å². The van der Waals surface area contributed by atoms with E-state index in [0.717, 1.165) is 5.69 Å². The molecule has 1 aromatic heterocycles. The van der Waals surface area contributed by atoms with Gasteiger partial charge in [0, 0.05) is 5.69 Å². The third-order valence-corrected chi connectivity index (χ3v) is 1.75. The fraction of sp³-hybridized carbons (Fsp3) is 0.364. The molecule has 0 saturated heterocycles. The molecular weight excluding hydrogens is 208 g/mol. The Bertz CT molecular complexity index is 424. The molecule has 0 amide bonds. The van der Waals surface area contributed by atoms with Crippen molar-refractivity contribution in [3.05, 3.63) is 23.4 Å². The highest BCUT2D eigenvalue weighted by atomic mass is 16.6. The highest BCUT2D eigenvalue weighted by molar-refractivity contribution is 5.71. The Labute approximate surface area is 93.6 Å². The van der Waals surface area contributed by atoms with E-state index >= 15 is 0 Å². The molecule has 5 nitrogen and oxygen atoms in total. The number of hydrogen-bond acceptors (Lipinski definition) is 5. The molecule has 0 saturated carbocycles. The maximum Gasteiger partial charge on any atom is 0.344 e. The number of aryl methyl sites for hydroxylation is 1. The Morgan fingerprint density at radius 2 is 2.31 bits per heavy atom. The van der Waals surface area contributed by atoms with Crippen LogP contribution in [0.2, 0.25) is 0 Å². The molecular formula is C11H12N2O3. The van der Waals surface area contributed by atoms with E-state index in [0.29, 0.717) is 12.2 Å². The van der Waals surface area contributed by atoms with Crippen molar-refractivity contribution in [2.24, 2.45) is 0 Å². The molecule has 0 fully saturated rings. The molecule has 0 radical (unpaired) electrons. The van der Waals surface area contributed by atoms with Crippen molar-refractivity contribution in [3.8, 4) is 11.9 Å². The quantitative estimate of drug-likeness (QED) is 0.713. The Morgan fingerprint density at radius 3 is 2.94 bits per heavy atom. The van der Waals surface area contributed by atoms with Gasteiger partial charge in [-0.15, -0.1) is 0 Å². The highest BCUT2D eigenvalue weighted by Crippen LogP contribution is 2.14. The monoisotopic (exact) mass is 220 g/mol. The first kappa shape index (κ1) is 12.0. The summed E-state index contributed by atoms with van der Waals surface area (Å²) < 4.78 is 9.81. The summed E-state index contributed by atoms with van der Waals surface area (Å²) in [7, 11) is 0. The minimum Gasteiger partial charge on any atom is -0.465 e. The van der Waals surface area contributed by atoms with E-state index in [1.54, 1.807) is 26.0 Å². The zero-order chi connectivity index (χ0) is 12.0. The summed E-state index contributed by atoms with van der Waals surface area (Å²) in [5.41, 5.74) is 1.02. The molecule has 1 rings (SSSR count). The predicted octanol–water partition coefficient (Wildman–Crippen LogP) is 1.20. The predicted molar refractivity (Wildman–Crippen MR) is 55.8 cm³/mol. The van der Waals surface area contributed by atoms with E-state index in [2.05, 4.69) is 4.98 Å². The van der Waals surface area contributed by atoms with Gasteiger partial charge >= 0.3 is 5.97 Å². The number of nitriles is 1. The fourth-order valence-corrected chi connectivity index (χ4v) is 1.06. The first-order chi connectivity index (χ1) is 7.67. The summed E-state index contributed by atoms with van der Waals surface area (Å²) in [6.45, 7) is 3.55. The number of ether oxygens (including phenoxy) is 2. The lowest BCUT2D eigenvalue weighted by atomic mass is 10.2. The van der Waals surface area contributed by atoms with Crippen LogP contribution >= 0.6 is 0 Å². The maximum atomic E-state index is 11.0. The Hall–Kier alpha value is -2.09. The number of hydrogen-bond donors (Lipinski definition) is 0. The minimum atomic E-state index is -0.477. The number of aromatic nitrogens is 1. The maximum absolute atomic E-state index is 11.0. The summed E-state index contributed by atoms with van der Waals surface area (Å²) >= 11 is 0. The molecule has 16 heavy (non-hydrogen) atoms. The van der Waals surface area contributed by atoms with Gasteiger partial charge in [0.15, 0.2) is 6.61 Å². The minimum absolute atomic E-state index is 0.163.